The van der Waals surface area contributed by atoms with Crippen LogP contribution in [0.15, 0.2) is 24.3 Å². The van der Waals surface area contributed by atoms with Crippen molar-refractivity contribution in [3.8, 4) is 5.75 Å². The second-order valence-corrected chi connectivity index (χ2v) is 5.15. The summed E-state index contributed by atoms with van der Waals surface area (Å²) in [6, 6.07) is 7.96. The Morgan fingerprint density at radius 3 is 2.70 bits per heavy atom. The van der Waals surface area contributed by atoms with E-state index < -0.39 is 0 Å². The molecule has 1 heterocycles. The van der Waals surface area contributed by atoms with Crippen LogP contribution in [-0.2, 0) is 4.79 Å². The second kappa shape index (κ2) is 8.12. The topological polar surface area (TPSA) is 41.6 Å². The minimum atomic E-state index is 0. The van der Waals surface area contributed by atoms with E-state index in [1.807, 2.05) is 23.1 Å². The van der Waals surface area contributed by atoms with Gasteiger partial charge in [0.05, 0.1) is 0 Å². The molecule has 0 atom stereocenters. The van der Waals surface area contributed by atoms with Crippen LogP contribution >= 0.6 is 12.4 Å². The van der Waals surface area contributed by atoms with E-state index in [0.717, 1.165) is 31.9 Å². The van der Waals surface area contributed by atoms with Crippen LogP contribution in [0.1, 0.15) is 25.3 Å². The van der Waals surface area contributed by atoms with Gasteiger partial charge in [0, 0.05) is 26.2 Å². The maximum atomic E-state index is 12.0. The van der Waals surface area contributed by atoms with E-state index in [1.54, 1.807) is 0 Å². The average molecular weight is 299 g/mol. The van der Waals surface area contributed by atoms with Crippen LogP contribution in [0.5, 0.6) is 5.75 Å². The fraction of sp³-hybridized carbons (Fsp3) is 0.533. The summed E-state index contributed by atoms with van der Waals surface area (Å²) in [7, 11) is 0. The van der Waals surface area contributed by atoms with Crippen LogP contribution in [0.2, 0.25) is 0 Å². The Morgan fingerprint density at radius 2 is 2.05 bits per heavy atom. The zero-order valence-electron chi connectivity index (χ0n) is 12.1. The first-order valence-corrected chi connectivity index (χ1v) is 6.88. The van der Waals surface area contributed by atoms with Crippen LogP contribution in [0.4, 0.5) is 0 Å². The molecule has 20 heavy (non-hydrogen) atoms. The van der Waals surface area contributed by atoms with E-state index in [1.165, 1.54) is 5.56 Å². The van der Waals surface area contributed by atoms with Gasteiger partial charge in [-0.15, -0.1) is 12.4 Å². The number of carbonyl (C=O) groups is 1. The highest BCUT2D eigenvalue weighted by atomic mass is 35.5. The summed E-state index contributed by atoms with van der Waals surface area (Å²) < 4.78 is 5.60. The molecule has 0 aromatic heterocycles. The number of ether oxygens (including phenoxy) is 1. The van der Waals surface area contributed by atoms with Crippen LogP contribution in [0.25, 0.3) is 0 Å². The van der Waals surface area contributed by atoms with Crippen molar-refractivity contribution in [3.05, 3.63) is 29.8 Å². The molecule has 1 aromatic carbocycles. The number of piperazine rings is 1. The number of nitrogens with one attached hydrogen (secondary N) is 1. The van der Waals surface area contributed by atoms with Crippen molar-refractivity contribution < 1.29 is 9.53 Å². The van der Waals surface area contributed by atoms with Gasteiger partial charge in [-0.1, -0.05) is 26.0 Å². The summed E-state index contributed by atoms with van der Waals surface area (Å²) in [5, 5.41) is 3.23. The number of benzene rings is 1. The van der Waals surface area contributed by atoms with Crippen molar-refractivity contribution >= 4 is 18.3 Å². The fourth-order valence-corrected chi connectivity index (χ4v) is 2.11. The summed E-state index contributed by atoms with van der Waals surface area (Å²) in [5.74, 6) is 1.30. The third-order valence-corrected chi connectivity index (χ3v) is 3.36. The molecule has 1 aliphatic rings. The lowest BCUT2D eigenvalue weighted by molar-refractivity contribution is -0.133. The van der Waals surface area contributed by atoms with Crippen molar-refractivity contribution in [3.63, 3.8) is 0 Å². The molecule has 0 bridgehead atoms. The molecule has 1 amide bonds. The summed E-state index contributed by atoms with van der Waals surface area (Å²) >= 11 is 0. The molecule has 1 aromatic rings. The van der Waals surface area contributed by atoms with Crippen LogP contribution in [-0.4, -0.2) is 43.6 Å². The summed E-state index contributed by atoms with van der Waals surface area (Å²) in [6.07, 6.45) is 0. The third kappa shape index (κ3) is 4.69. The van der Waals surface area contributed by atoms with Gasteiger partial charge >= 0.3 is 0 Å². The molecule has 0 spiro atoms. The lowest BCUT2D eigenvalue weighted by Crippen LogP contribution is -2.47. The van der Waals surface area contributed by atoms with Crippen molar-refractivity contribution in [1.29, 1.82) is 0 Å². The molecular weight excluding hydrogens is 276 g/mol. The standard InChI is InChI=1S/C15H22N2O2.ClH/c1-12(2)13-4-3-5-14(10-13)19-11-15(18)17-8-6-16-7-9-17;/h3-5,10,12,16H,6-9,11H2,1-2H3;1H. The normalized spacial score (nSPS) is 14.8. The minimum Gasteiger partial charge on any atom is -0.484 e. The molecule has 112 valence electrons. The summed E-state index contributed by atoms with van der Waals surface area (Å²) in [4.78, 5) is 13.8. The lowest BCUT2D eigenvalue weighted by Gasteiger charge is -2.27. The van der Waals surface area contributed by atoms with Gasteiger partial charge in [0.25, 0.3) is 5.91 Å². The van der Waals surface area contributed by atoms with Gasteiger partial charge in [-0.05, 0) is 23.6 Å². The van der Waals surface area contributed by atoms with Gasteiger partial charge in [0.15, 0.2) is 6.61 Å². The van der Waals surface area contributed by atoms with E-state index in [4.69, 9.17) is 4.74 Å². The molecule has 0 radical (unpaired) electrons. The zero-order valence-corrected chi connectivity index (χ0v) is 12.9. The molecule has 1 N–H and O–H groups in total. The number of hydrogen-bond donors (Lipinski definition) is 1. The number of halogens is 1. The molecule has 0 saturated carbocycles. The van der Waals surface area contributed by atoms with Gasteiger partial charge in [-0.3, -0.25) is 4.79 Å². The van der Waals surface area contributed by atoms with E-state index in [9.17, 15) is 4.79 Å². The number of rotatable bonds is 4. The highest BCUT2D eigenvalue weighted by Gasteiger charge is 2.16. The third-order valence-electron chi connectivity index (χ3n) is 3.36. The highest BCUT2D eigenvalue weighted by Crippen LogP contribution is 2.20. The quantitative estimate of drug-likeness (QED) is 0.925. The Balaban J connectivity index is 0.00000200. The molecule has 2 rings (SSSR count). The Hall–Kier alpha value is -1.26. The predicted octanol–water partition coefficient (Wildman–Crippen LogP) is 2.04. The van der Waals surface area contributed by atoms with Crippen molar-refractivity contribution in [1.82, 2.24) is 10.2 Å². The van der Waals surface area contributed by atoms with Crippen molar-refractivity contribution in [2.24, 2.45) is 0 Å². The number of nitrogens with zero attached hydrogens (tertiary/aromatic N) is 1. The fourth-order valence-electron chi connectivity index (χ4n) is 2.11. The number of carbonyl (C=O) groups excluding carboxylic acids is 1. The molecule has 4 nitrogen and oxygen atoms in total. The SMILES string of the molecule is CC(C)c1cccc(OCC(=O)N2CCNCC2)c1.Cl. The maximum Gasteiger partial charge on any atom is 0.260 e. The first-order chi connectivity index (χ1) is 9.16. The molecule has 1 fully saturated rings. The minimum absolute atomic E-state index is 0. The Morgan fingerprint density at radius 1 is 1.35 bits per heavy atom. The molecule has 5 heteroatoms. The van der Waals surface area contributed by atoms with E-state index in [-0.39, 0.29) is 24.9 Å². The van der Waals surface area contributed by atoms with Gasteiger partial charge < -0.3 is 15.0 Å². The van der Waals surface area contributed by atoms with Gasteiger partial charge in [0.2, 0.25) is 0 Å². The smallest absolute Gasteiger partial charge is 0.260 e. The Bertz CT molecular complexity index is 432. The maximum absolute atomic E-state index is 12.0. The molecule has 1 aliphatic heterocycles. The van der Waals surface area contributed by atoms with Crippen LogP contribution < -0.4 is 10.1 Å². The van der Waals surface area contributed by atoms with Crippen molar-refractivity contribution in [2.45, 2.75) is 19.8 Å². The Labute approximate surface area is 126 Å². The first-order valence-electron chi connectivity index (χ1n) is 6.88. The number of amides is 1. The van der Waals surface area contributed by atoms with Crippen LogP contribution in [0, 0.1) is 0 Å². The highest BCUT2D eigenvalue weighted by molar-refractivity contribution is 5.85. The van der Waals surface area contributed by atoms with Gasteiger partial charge in [-0.2, -0.15) is 0 Å². The molecule has 0 aliphatic carbocycles. The summed E-state index contributed by atoms with van der Waals surface area (Å²) in [6.45, 7) is 7.70. The predicted molar refractivity (Wildman–Crippen MR) is 82.7 cm³/mol. The number of hydrogen-bond acceptors (Lipinski definition) is 3. The van der Waals surface area contributed by atoms with Crippen LogP contribution in [0.3, 0.4) is 0 Å². The average Bonchev–Trinajstić information content (AvgIpc) is 2.46. The zero-order chi connectivity index (χ0) is 13.7. The van der Waals surface area contributed by atoms with Gasteiger partial charge in [0.1, 0.15) is 5.75 Å². The molecular formula is C15H23ClN2O2. The van der Waals surface area contributed by atoms with E-state index in [2.05, 4.69) is 25.2 Å². The van der Waals surface area contributed by atoms with E-state index >= 15 is 0 Å². The largest absolute Gasteiger partial charge is 0.484 e. The second-order valence-electron chi connectivity index (χ2n) is 5.15. The van der Waals surface area contributed by atoms with Gasteiger partial charge in [-0.25, -0.2) is 0 Å². The van der Waals surface area contributed by atoms with Crippen molar-refractivity contribution in [2.75, 3.05) is 32.8 Å². The monoisotopic (exact) mass is 298 g/mol. The first kappa shape index (κ1) is 16.8. The van der Waals surface area contributed by atoms with E-state index in [0.29, 0.717) is 5.92 Å². The molecule has 0 unspecified atom stereocenters. The molecule has 1 saturated heterocycles. The lowest BCUT2D eigenvalue weighted by atomic mass is 10.0. The Kier molecular flexibility index (Phi) is 6.82. The summed E-state index contributed by atoms with van der Waals surface area (Å²) in [5.41, 5.74) is 1.23.